The fraction of sp³-hybridized carbons (Fsp3) is 0. The van der Waals surface area contributed by atoms with Gasteiger partial charge in [0.15, 0.2) is 5.75 Å². The number of rotatable bonds is 14. The number of hydrogen-bond donors (Lipinski definition) is 11. The standard InChI is InChI=1S/C33H23N7O24S6/c34-27-21(11-22(66(50,51)52)17-10-24(68(56,57)58)28(31(42)26(17)27)35-19-4-1-12(40(45)46)7-23(19)67(53,54)55)38-37-20-6-3-14-15(32(20)70(62,63)64)9-25(69(59,60)61)29(30(14)41)39-36-18-5-2-13(65(47,48)49)8-16(18)33(43)44/h1-11,35,41-42H,34H2,(H,43,44)(H,47,48,49)(H,50,51,52)(H,53,54,55)(H,56,57,58)(H,59,60,61)(H,62,63,64). The number of non-ortho nitro benzene ring substituents is 1. The van der Waals surface area contributed by atoms with Crippen LogP contribution in [0.4, 0.5) is 45.5 Å². The second kappa shape index (κ2) is 17.5. The van der Waals surface area contributed by atoms with Crippen molar-refractivity contribution in [1.29, 1.82) is 0 Å². The average molecular weight is 1090 g/mol. The molecule has 370 valence electrons. The molecule has 37 heteroatoms. The third-order valence-electron chi connectivity index (χ3n) is 9.33. The van der Waals surface area contributed by atoms with Gasteiger partial charge in [0.05, 0.1) is 32.1 Å². The lowest BCUT2D eigenvalue weighted by Crippen LogP contribution is -2.09. The molecule has 0 spiro atoms. The predicted molar refractivity (Wildman–Crippen MR) is 233 cm³/mol. The summed E-state index contributed by atoms with van der Waals surface area (Å²) >= 11 is 0. The van der Waals surface area contributed by atoms with Gasteiger partial charge in [-0.05, 0) is 54.6 Å². The first-order chi connectivity index (χ1) is 31.9. The molecule has 31 nitrogen and oxygen atoms in total. The summed E-state index contributed by atoms with van der Waals surface area (Å²) in [6, 6.07) is 5.51. The number of carboxylic acid groups (broad SMARTS) is 1. The van der Waals surface area contributed by atoms with E-state index in [-0.39, 0.29) is 18.2 Å². The van der Waals surface area contributed by atoms with Crippen LogP contribution >= 0.6 is 0 Å². The van der Waals surface area contributed by atoms with E-state index in [2.05, 4.69) is 20.5 Å². The smallest absolute Gasteiger partial charge is 0.338 e. The Morgan fingerprint density at radius 2 is 1.10 bits per heavy atom. The highest BCUT2D eigenvalue weighted by Crippen LogP contribution is 2.50. The summed E-state index contributed by atoms with van der Waals surface area (Å²) in [4.78, 5) is 14.0. The highest BCUT2D eigenvalue weighted by atomic mass is 32.2. The quantitative estimate of drug-likeness (QED) is 0.0177. The van der Waals surface area contributed by atoms with Gasteiger partial charge in [-0.3, -0.25) is 37.4 Å². The summed E-state index contributed by atoms with van der Waals surface area (Å²) in [5.74, 6) is -4.74. The number of benzene rings is 6. The van der Waals surface area contributed by atoms with Crippen molar-refractivity contribution in [3.05, 3.63) is 82.4 Å². The Bertz CT molecular complexity index is 4130. The van der Waals surface area contributed by atoms with Crippen LogP contribution in [0.5, 0.6) is 11.5 Å². The second-order valence-corrected chi connectivity index (χ2v) is 22.0. The molecule has 0 fully saturated rings. The maximum absolute atomic E-state index is 12.9. The number of phenolic OH excluding ortho intramolecular Hbond substituents is 2. The summed E-state index contributed by atoms with van der Waals surface area (Å²) in [6.07, 6.45) is 0. The Morgan fingerprint density at radius 3 is 1.63 bits per heavy atom. The lowest BCUT2D eigenvalue weighted by Gasteiger charge is -2.18. The number of phenols is 2. The van der Waals surface area contributed by atoms with E-state index in [1.807, 2.05) is 5.32 Å². The number of nitro groups is 1. The van der Waals surface area contributed by atoms with Crippen LogP contribution in [0.3, 0.4) is 0 Å². The van der Waals surface area contributed by atoms with E-state index in [9.17, 15) is 108 Å². The van der Waals surface area contributed by atoms with Gasteiger partial charge in [-0.2, -0.15) is 50.5 Å². The number of nitrogens with one attached hydrogen (secondary N) is 1. The predicted octanol–water partition coefficient (Wildman–Crippen LogP) is 4.65. The average Bonchev–Trinajstić information content (AvgIpc) is 3.21. The maximum Gasteiger partial charge on any atom is 0.338 e. The molecule has 0 bridgehead atoms. The SMILES string of the molecule is Nc1c(N=Nc2ccc3c(O)c(N=Nc4ccc(S(=O)(=O)O)cc4C(=O)O)c(S(=O)(=O)O)cc3c2S(=O)(=O)O)cc(S(=O)(=O)O)c2cc(S(=O)(=O)O)c(Nc3ccc([N+](=O)[O-])cc3S(=O)(=O)O)c(O)c12. The fourth-order valence-electron chi connectivity index (χ4n) is 6.39. The molecular weight excluding hydrogens is 1070 g/mol. The zero-order valence-electron chi connectivity index (χ0n) is 33.3. The molecule has 0 heterocycles. The van der Waals surface area contributed by atoms with Gasteiger partial charge in [-0.25, -0.2) is 4.79 Å². The Hall–Kier alpha value is -7.43. The molecule has 0 aliphatic rings. The minimum Gasteiger partial charge on any atom is -0.505 e. The first-order valence-corrected chi connectivity index (χ1v) is 26.1. The molecule has 0 atom stereocenters. The Balaban J connectivity index is 1.61. The molecule has 0 aliphatic carbocycles. The van der Waals surface area contributed by atoms with E-state index in [0.29, 0.717) is 42.5 Å². The van der Waals surface area contributed by atoms with E-state index >= 15 is 0 Å². The third-order valence-corrected chi connectivity index (χ3v) is 14.7. The van der Waals surface area contributed by atoms with Crippen molar-refractivity contribution >= 4 is 134 Å². The number of fused-ring (bicyclic) bond motifs is 2. The lowest BCUT2D eigenvalue weighted by atomic mass is 10.0. The van der Waals surface area contributed by atoms with Gasteiger partial charge in [0.25, 0.3) is 66.4 Å². The van der Waals surface area contributed by atoms with Crippen LogP contribution < -0.4 is 11.1 Å². The number of carbonyl (C=O) groups is 1. The van der Waals surface area contributed by atoms with Gasteiger partial charge in [-0.15, -0.1) is 20.5 Å². The number of aromatic carboxylic acids is 1. The molecule has 70 heavy (non-hydrogen) atoms. The number of anilines is 3. The zero-order valence-corrected chi connectivity index (χ0v) is 38.2. The van der Waals surface area contributed by atoms with E-state index < -0.39 is 185 Å². The number of nitrogens with two attached hydrogens (primary N) is 1. The third kappa shape index (κ3) is 10.1. The number of nitrogens with zero attached hydrogens (tertiary/aromatic N) is 5. The summed E-state index contributed by atoms with van der Waals surface area (Å²) in [5, 5.41) is 55.9. The molecule has 12 N–H and O–H groups in total. The molecule has 6 aromatic carbocycles. The summed E-state index contributed by atoms with van der Waals surface area (Å²) in [7, 11) is -33.1. The van der Waals surface area contributed by atoms with Gasteiger partial charge in [0.2, 0.25) is 0 Å². The Morgan fingerprint density at radius 1 is 0.557 bits per heavy atom. The van der Waals surface area contributed by atoms with E-state index in [0.717, 1.165) is 6.07 Å². The molecule has 0 aliphatic heterocycles. The number of nitro benzene ring substituents is 1. The molecule has 0 unspecified atom stereocenters. The van der Waals surface area contributed by atoms with Crippen LogP contribution in [0.25, 0.3) is 21.5 Å². The van der Waals surface area contributed by atoms with E-state index in [4.69, 9.17) is 5.73 Å². The van der Waals surface area contributed by atoms with E-state index in [1.165, 1.54) is 0 Å². The first-order valence-electron chi connectivity index (χ1n) is 17.5. The molecule has 0 amide bonds. The molecule has 6 rings (SSSR count). The van der Waals surface area contributed by atoms with Gasteiger partial charge in [-0.1, -0.05) is 0 Å². The highest BCUT2D eigenvalue weighted by molar-refractivity contribution is 7.87. The number of carboxylic acids is 1. The molecule has 0 saturated heterocycles. The van der Waals surface area contributed by atoms with Crippen LogP contribution in [0.2, 0.25) is 0 Å². The minimum absolute atomic E-state index is 0.267. The maximum atomic E-state index is 12.9. The normalized spacial score (nSPS) is 13.1. The zero-order chi connectivity index (χ0) is 52.6. The van der Waals surface area contributed by atoms with Gasteiger partial charge >= 0.3 is 5.97 Å². The summed E-state index contributed by atoms with van der Waals surface area (Å²) in [5.41, 5.74) is -2.90. The second-order valence-electron chi connectivity index (χ2n) is 13.7. The van der Waals surface area contributed by atoms with Crippen LogP contribution in [-0.4, -0.2) is 104 Å². The monoisotopic (exact) mass is 1090 g/mol. The van der Waals surface area contributed by atoms with Crippen LogP contribution in [0.15, 0.2) is 117 Å². The lowest BCUT2D eigenvalue weighted by molar-refractivity contribution is -0.385. The van der Waals surface area contributed by atoms with Gasteiger partial charge in [0.1, 0.15) is 58.7 Å². The number of nitrogen functional groups attached to an aromatic ring is 1. The summed E-state index contributed by atoms with van der Waals surface area (Å²) < 4.78 is 209. The number of aromatic hydroxyl groups is 2. The number of hydrogen-bond acceptors (Lipinski definition) is 23. The first kappa shape index (κ1) is 52.0. The fourth-order valence-corrected chi connectivity index (χ4v) is 10.4. The minimum atomic E-state index is -5.73. The largest absolute Gasteiger partial charge is 0.505 e. The molecule has 6 aromatic rings. The van der Waals surface area contributed by atoms with Crippen molar-refractivity contribution in [2.45, 2.75) is 29.4 Å². The van der Waals surface area contributed by atoms with Gasteiger partial charge in [0, 0.05) is 28.3 Å². The van der Waals surface area contributed by atoms with Crippen molar-refractivity contribution in [3.8, 4) is 11.5 Å². The van der Waals surface area contributed by atoms with E-state index in [1.54, 1.807) is 0 Å². The number of azo groups is 2. The van der Waals surface area contributed by atoms with Crippen LogP contribution in [0.1, 0.15) is 10.4 Å². The highest BCUT2D eigenvalue weighted by Gasteiger charge is 2.32. The Labute approximate surface area is 389 Å². The van der Waals surface area contributed by atoms with Crippen molar-refractivity contribution in [1.82, 2.24) is 0 Å². The van der Waals surface area contributed by atoms with Crippen LogP contribution in [-0.2, 0) is 60.7 Å². The van der Waals surface area contributed by atoms with Crippen molar-refractivity contribution < 1.29 is 103 Å². The molecule has 0 saturated carbocycles. The van der Waals surface area contributed by atoms with Gasteiger partial charge < -0.3 is 26.4 Å². The van der Waals surface area contributed by atoms with Crippen molar-refractivity contribution in [2.24, 2.45) is 20.5 Å². The Kier molecular flexibility index (Phi) is 13.0. The summed E-state index contributed by atoms with van der Waals surface area (Å²) in [6.45, 7) is 0. The topological polar surface area (TPSA) is 535 Å². The van der Waals surface area contributed by atoms with Crippen LogP contribution in [0, 0.1) is 10.1 Å². The van der Waals surface area contributed by atoms with Crippen molar-refractivity contribution in [2.75, 3.05) is 11.1 Å². The molecule has 0 aromatic heterocycles. The molecular formula is C33H23N7O24S6. The molecule has 0 radical (unpaired) electrons. The van der Waals surface area contributed by atoms with Crippen molar-refractivity contribution in [3.63, 3.8) is 0 Å².